The number of hydrogen-bond acceptors (Lipinski definition) is 5. The van der Waals surface area contributed by atoms with Crippen molar-refractivity contribution in [3.05, 3.63) is 87.3 Å². The van der Waals surface area contributed by atoms with Crippen LogP contribution >= 0.6 is 0 Å². The average Bonchev–Trinajstić information content (AvgIpc) is 3.07. The lowest BCUT2D eigenvalue weighted by Crippen LogP contribution is -2.20. The lowest BCUT2D eigenvalue weighted by atomic mass is 10.1. The molecule has 0 aliphatic carbocycles. The van der Waals surface area contributed by atoms with Crippen LogP contribution in [0.25, 0.3) is 33.3 Å². The van der Waals surface area contributed by atoms with Crippen LogP contribution in [0.1, 0.15) is 0 Å². The second-order valence-corrected chi connectivity index (χ2v) is 6.43. The Morgan fingerprint density at radius 3 is 2.39 bits per heavy atom. The van der Waals surface area contributed by atoms with Gasteiger partial charge in [0, 0.05) is 34.8 Å². The van der Waals surface area contributed by atoms with E-state index in [1.165, 1.54) is 16.7 Å². The molecule has 0 unspecified atom stereocenters. The Kier molecular flexibility index (Phi) is 3.23. The Morgan fingerprint density at radius 2 is 1.68 bits per heavy atom. The molecule has 2 aromatic carbocycles. The van der Waals surface area contributed by atoms with E-state index in [1.54, 1.807) is 47.0 Å². The van der Waals surface area contributed by atoms with Crippen molar-refractivity contribution < 1.29 is 4.92 Å². The number of fused-ring (bicyclic) bond motifs is 5. The molecule has 0 spiro atoms. The zero-order valence-corrected chi connectivity index (χ0v) is 14.4. The average molecular weight is 371 g/mol. The largest absolute Gasteiger partial charge is 0.398 e. The highest BCUT2D eigenvalue weighted by Gasteiger charge is 2.18. The summed E-state index contributed by atoms with van der Waals surface area (Å²) in [5.41, 5.74) is 8.57. The third-order valence-corrected chi connectivity index (χ3v) is 4.76. The van der Waals surface area contributed by atoms with E-state index < -0.39 is 4.92 Å². The van der Waals surface area contributed by atoms with Crippen molar-refractivity contribution in [1.82, 2.24) is 14.0 Å². The third kappa shape index (κ3) is 2.18. The number of aromatic nitrogens is 3. The van der Waals surface area contributed by atoms with Gasteiger partial charge in [-0.25, -0.2) is 4.98 Å². The van der Waals surface area contributed by atoms with Crippen LogP contribution in [0.4, 0.5) is 11.4 Å². The van der Waals surface area contributed by atoms with E-state index in [1.807, 2.05) is 12.1 Å². The van der Waals surface area contributed by atoms with Gasteiger partial charge in [0.15, 0.2) is 5.65 Å². The molecule has 0 atom stereocenters. The highest BCUT2D eigenvalue weighted by molar-refractivity contribution is 6.04. The summed E-state index contributed by atoms with van der Waals surface area (Å²) in [6.45, 7) is 0. The number of non-ortho nitro benzene ring substituents is 1. The maximum atomic E-state index is 13.3. The molecule has 3 aromatic heterocycles. The van der Waals surface area contributed by atoms with Gasteiger partial charge in [-0.2, -0.15) is 0 Å². The molecule has 0 bridgehead atoms. The number of imidazole rings is 1. The number of nitrogens with zero attached hydrogens (tertiary/aromatic N) is 4. The minimum absolute atomic E-state index is 0.0452. The molecule has 8 nitrogen and oxygen atoms in total. The first-order valence-corrected chi connectivity index (χ1v) is 8.50. The van der Waals surface area contributed by atoms with E-state index in [2.05, 4.69) is 0 Å². The van der Waals surface area contributed by atoms with Gasteiger partial charge in [-0.05, 0) is 30.3 Å². The van der Waals surface area contributed by atoms with Gasteiger partial charge in [0.25, 0.3) is 11.2 Å². The van der Waals surface area contributed by atoms with Crippen LogP contribution < -0.4 is 11.3 Å². The summed E-state index contributed by atoms with van der Waals surface area (Å²) in [5, 5.41) is 12.2. The SMILES string of the molecule is Nc1ccc2nc3c4ccccc4c(=O)n(-c4ccc([N+](=O)[O-])cc4)c3n2c1. The van der Waals surface area contributed by atoms with Gasteiger partial charge in [0.1, 0.15) is 11.2 Å². The molecule has 0 saturated heterocycles. The predicted octanol–water partition coefficient (Wildman–Crippen LogP) is 3.28. The number of benzene rings is 2. The number of nitrogens with two attached hydrogens (primary N) is 1. The molecule has 3 heterocycles. The summed E-state index contributed by atoms with van der Waals surface area (Å²) in [5.74, 6) is 0. The molecule has 0 saturated carbocycles. The normalized spacial score (nSPS) is 11.4. The molecule has 136 valence electrons. The van der Waals surface area contributed by atoms with Gasteiger partial charge in [-0.3, -0.25) is 23.9 Å². The van der Waals surface area contributed by atoms with Crippen LogP contribution in [0.3, 0.4) is 0 Å². The van der Waals surface area contributed by atoms with Crippen LogP contribution in [0.2, 0.25) is 0 Å². The van der Waals surface area contributed by atoms with E-state index in [0.29, 0.717) is 33.6 Å². The van der Waals surface area contributed by atoms with Crippen molar-refractivity contribution in [3.8, 4) is 5.69 Å². The summed E-state index contributed by atoms with van der Waals surface area (Å²) in [4.78, 5) is 28.6. The smallest absolute Gasteiger partial charge is 0.269 e. The van der Waals surface area contributed by atoms with Crippen molar-refractivity contribution in [3.63, 3.8) is 0 Å². The summed E-state index contributed by atoms with van der Waals surface area (Å²) in [7, 11) is 0. The molecule has 0 radical (unpaired) electrons. The number of hydrogen-bond donors (Lipinski definition) is 1. The fourth-order valence-electron chi connectivity index (χ4n) is 3.50. The van der Waals surface area contributed by atoms with Gasteiger partial charge < -0.3 is 5.73 Å². The van der Waals surface area contributed by atoms with Crippen LogP contribution in [-0.4, -0.2) is 18.9 Å². The summed E-state index contributed by atoms with van der Waals surface area (Å²) in [6, 6.07) is 16.7. The number of anilines is 1. The minimum Gasteiger partial charge on any atom is -0.398 e. The number of pyridine rings is 2. The first-order valence-electron chi connectivity index (χ1n) is 8.50. The number of nitrogen functional groups attached to an aromatic ring is 1. The van der Waals surface area contributed by atoms with Crippen LogP contribution in [-0.2, 0) is 0 Å². The molecule has 8 heteroatoms. The molecule has 0 amide bonds. The van der Waals surface area contributed by atoms with Gasteiger partial charge in [-0.1, -0.05) is 18.2 Å². The fraction of sp³-hybridized carbons (Fsp3) is 0. The summed E-state index contributed by atoms with van der Waals surface area (Å²) >= 11 is 0. The Morgan fingerprint density at radius 1 is 0.964 bits per heavy atom. The standard InChI is InChI=1S/C20H13N5O3/c21-12-5-10-17-22-18-15-3-1-2-4-16(15)20(26)24(19(18)23(17)11-12)13-6-8-14(9-7-13)25(27)28/h1-11H,21H2. The first-order chi connectivity index (χ1) is 13.5. The minimum atomic E-state index is -0.475. The monoisotopic (exact) mass is 371 g/mol. The van der Waals surface area contributed by atoms with Crippen molar-refractivity contribution >= 4 is 39.0 Å². The van der Waals surface area contributed by atoms with E-state index in [0.717, 1.165) is 5.39 Å². The molecule has 0 aliphatic heterocycles. The lowest BCUT2D eigenvalue weighted by Gasteiger charge is -2.11. The van der Waals surface area contributed by atoms with Crippen LogP contribution in [0.5, 0.6) is 0 Å². The van der Waals surface area contributed by atoms with Crippen LogP contribution in [0.15, 0.2) is 71.7 Å². The maximum absolute atomic E-state index is 13.3. The zero-order valence-electron chi connectivity index (χ0n) is 14.4. The van der Waals surface area contributed by atoms with Gasteiger partial charge >= 0.3 is 0 Å². The molecule has 0 fully saturated rings. The first kappa shape index (κ1) is 16.0. The zero-order chi connectivity index (χ0) is 19.4. The van der Waals surface area contributed by atoms with Crippen molar-refractivity contribution in [2.75, 3.05) is 5.73 Å². The van der Waals surface area contributed by atoms with Crippen LogP contribution in [0, 0.1) is 10.1 Å². The third-order valence-electron chi connectivity index (χ3n) is 4.76. The van der Waals surface area contributed by atoms with Gasteiger partial charge in [0.2, 0.25) is 0 Å². The molecule has 5 aromatic rings. The van der Waals surface area contributed by atoms with Crippen molar-refractivity contribution in [1.29, 1.82) is 0 Å². The van der Waals surface area contributed by atoms with Gasteiger partial charge in [-0.15, -0.1) is 0 Å². The topological polar surface area (TPSA) is 108 Å². The molecule has 28 heavy (non-hydrogen) atoms. The fourth-order valence-corrected chi connectivity index (χ4v) is 3.50. The Labute approximate surface area is 157 Å². The molecule has 0 aliphatic rings. The van der Waals surface area contributed by atoms with E-state index in [-0.39, 0.29) is 11.2 Å². The molecular weight excluding hydrogens is 358 g/mol. The molecular formula is C20H13N5O3. The maximum Gasteiger partial charge on any atom is 0.269 e. The summed E-state index contributed by atoms with van der Waals surface area (Å²) < 4.78 is 3.28. The number of nitro benzene ring substituents is 1. The van der Waals surface area contributed by atoms with E-state index in [4.69, 9.17) is 10.7 Å². The Balaban J connectivity index is 1.99. The summed E-state index contributed by atoms with van der Waals surface area (Å²) in [6.07, 6.45) is 1.71. The molecule has 5 rings (SSSR count). The quantitative estimate of drug-likeness (QED) is 0.378. The van der Waals surface area contributed by atoms with Gasteiger partial charge in [0.05, 0.1) is 10.6 Å². The highest BCUT2D eigenvalue weighted by atomic mass is 16.6. The predicted molar refractivity (Wildman–Crippen MR) is 107 cm³/mol. The lowest BCUT2D eigenvalue weighted by molar-refractivity contribution is -0.384. The second-order valence-electron chi connectivity index (χ2n) is 6.43. The highest BCUT2D eigenvalue weighted by Crippen LogP contribution is 2.27. The molecule has 2 N–H and O–H groups in total. The van der Waals surface area contributed by atoms with E-state index >= 15 is 0 Å². The van der Waals surface area contributed by atoms with Crippen molar-refractivity contribution in [2.24, 2.45) is 0 Å². The Bertz CT molecular complexity index is 1470. The number of nitro groups is 1. The van der Waals surface area contributed by atoms with E-state index in [9.17, 15) is 14.9 Å². The van der Waals surface area contributed by atoms with Crippen molar-refractivity contribution in [2.45, 2.75) is 0 Å². The number of rotatable bonds is 2. The Hall–Kier alpha value is -4.20. The second kappa shape index (κ2) is 5.65.